The van der Waals surface area contributed by atoms with Crippen LogP contribution >= 0.6 is 0 Å². The van der Waals surface area contributed by atoms with E-state index in [1.807, 2.05) is 0 Å². The van der Waals surface area contributed by atoms with Crippen LogP contribution in [-0.4, -0.2) is 40.7 Å². The normalized spacial score (nSPS) is 24.3. The molecule has 2 unspecified atom stereocenters. The Hall–Kier alpha value is -1.62. The maximum Gasteiger partial charge on any atom is 0.263 e. The van der Waals surface area contributed by atoms with Gasteiger partial charge in [-0.15, -0.1) is 0 Å². The fourth-order valence-corrected chi connectivity index (χ4v) is 2.46. The Kier molecular flexibility index (Phi) is 4.28. The predicted molar refractivity (Wildman–Crippen MR) is 72.9 cm³/mol. The Morgan fingerprint density at radius 2 is 2.30 bits per heavy atom. The molecular weight excluding hydrogens is 261 g/mol. The number of hydrogen-bond acceptors (Lipinski definition) is 3. The van der Waals surface area contributed by atoms with Crippen molar-refractivity contribution in [1.82, 2.24) is 4.90 Å². The van der Waals surface area contributed by atoms with Gasteiger partial charge in [-0.25, -0.2) is 4.39 Å². The average molecular weight is 281 g/mol. The molecule has 2 rings (SSSR count). The number of carbonyl (C=O) groups is 1. The second-order valence-electron chi connectivity index (χ2n) is 5.58. The number of nitrogens with zero attached hydrogens (tertiary/aromatic N) is 1. The quantitative estimate of drug-likeness (QED) is 0.921. The standard InChI is InChI=1S/C15H20FNO3/c1-11(20-13-6-3-5-12(16)9-13)14(18)17-8-4-7-15(2,19)10-17/h3,5-6,9,11,19H,4,7-8,10H2,1-2H3. The highest BCUT2D eigenvalue weighted by Crippen LogP contribution is 2.22. The number of rotatable bonds is 3. The van der Waals surface area contributed by atoms with Crippen molar-refractivity contribution >= 4 is 5.91 Å². The lowest BCUT2D eigenvalue weighted by molar-refractivity contribution is -0.144. The van der Waals surface area contributed by atoms with Crippen molar-refractivity contribution in [3.63, 3.8) is 0 Å². The van der Waals surface area contributed by atoms with E-state index in [1.165, 1.54) is 18.2 Å². The fourth-order valence-electron chi connectivity index (χ4n) is 2.46. The highest BCUT2D eigenvalue weighted by Gasteiger charge is 2.33. The van der Waals surface area contributed by atoms with Crippen LogP contribution in [0.5, 0.6) is 5.75 Å². The summed E-state index contributed by atoms with van der Waals surface area (Å²) in [6, 6.07) is 5.71. The van der Waals surface area contributed by atoms with E-state index in [2.05, 4.69) is 0 Å². The van der Waals surface area contributed by atoms with Gasteiger partial charge in [-0.3, -0.25) is 4.79 Å². The largest absolute Gasteiger partial charge is 0.481 e. The van der Waals surface area contributed by atoms with Crippen molar-refractivity contribution in [1.29, 1.82) is 0 Å². The number of carbonyl (C=O) groups excluding carboxylic acids is 1. The lowest BCUT2D eigenvalue weighted by Crippen LogP contribution is -2.51. The molecule has 1 aliphatic rings. The molecule has 5 heteroatoms. The Labute approximate surface area is 118 Å². The van der Waals surface area contributed by atoms with Gasteiger partial charge >= 0.3 is 0 Å². The van der Waals surface area contributed by atoms with Gasteiger partial charge in [0.25, 0.3) is 5.91 Å². The summed E-state index contributed by atoms with van der Waals surface area (Å²) in [5.74, 6) is -0.257. The molecule has 2 atom stereocenters. The molecule has 1 fully saturated rings. The second kappa shape index (κ2) is 5.79. The van der Waals surface area contributed by atoms with Crippen molar-refractivity contribution in [2.24, 2.45) is 0 Å². The first-order valence-corrected chi connectivity index (χ1v) is 6.81. The molecule has 0 saturated carbocycles. The van der Waals surface area contributed by atoms with Gasteiger partial charge in [-0.2, -0.15) is 0 Å². The van der Waals surface area contributed by atoms with Crippen molar-refractivity contribution in [2.45, 2.75) is 38.4 Å². The monoisotopic (exact) mass is 281 g/mol. The maximum absolute atomic E-state index is 13.1. The van der Waals surface area contributed by atoms with Crippen LogP contribution in [0.25, 0.3) is 0 Å². The van der Waals surface area contributed by atoms with Gasteiger partial charge < -0.3 is 14.7 Å². The van der Waals surface area contributed by atoms with Gasteiger partial charge in [0.2, 0.25) is 0 Å². The van der Waals surface area contributed by atoms with Crippen molar-refractivity contribution in [2.75, 3.05) is 13.1 Å². The lowest BCUT2D eigenvalue weighted by Gasteiger charge is -2.37. The molecule has 1 aliphatic heterocycles. The first-order valence-electron chi connectivity index (χ1n) is 6.81. The number of ether oxygens (including phenoxy) is 1. The molecule has 1 aromatic rings. The molecule has 110 valence electrons. The Morgan fingerprint density at radius 3 is 2.95 bits per heavy atom. The highest BCUT2D eigenvalue weighted by atomic mass is 19.1. The number of benzene rings is 1. The van der Waals surface area contributed by atoms with Crippen molar-refractivity contribution in [3.05, 3.63) is 30.1 Å². The minimum Gasteiger partial charge on any atom is -0.481 e. The molecule has 0 spiro atoms. The zero-order chi connectivity index (χ0) is 14.8. The molecule has 4 nitrogen and oxygen atoms in total. The van der Waals surface area contributed by atoms with Gasteiger partial charge in [-0.05, 0) is 38.8 Å². The van der Waals surface area contributed by atoms with E-state index in [9.17, 15) is 14.3 Å². The van der Waals surface area contributed by atoms with Crippen LogP contribution in [0.4, 0.5) is 4.39 Å². The zero-order valence-electron chi connectivity index (χ0n) is 11.8. The van der Waals surface area contributed by atoms with Crippen LogP contribution in [0, 0.1) is 5.82 Å². The SMILES string of the molecule is CC(Oc1cccc(F)c1)C(=O)N1CCCC(C)(O)C1. The van der Waals surface area contributed by atoms with Crippen LogP contribution in [0.2, 0.25) is 0 Å². The summed E-state index contributed by atoms with van der Waals surface area (Å²) in [5.41, 5.74) is -0.841. The summed E-state index contributed by atoms with van der Waals surface area (Å²) < 4.78 is 18.5. The Bertz CT molecular complexity index is 490. The topological polar surface area (TPSA) is 49.8 Å². The molecule has 1 aromatic carbocycles. The van der Waals surface area contributed by atoms with E-state index < -0.39 is 17.5 Å². The zero-order valence-corrected chi connectivity index (χ0v) is 11.8. The van der Waals surface area contributed by atoms with E-state index in [0.717, 1.165) is 6.42 Å². The summed E-state index contributed by atoms with van der Waals surface area (Å²) in [6.45, 7) is 4.29. The third-order valence-electron chi connectivity index (χ3n) is 3.44. The van der Waals surface area contributed by atoms with E-state index in [-0.39, 0.29) is 5.91 Å². The van der Waals surface area contributed by atoms with Crippen molar-refractivity contribution in [3.8, 4) is 5.75 Å². The number of aliphatic hydroxyl groups is 1. The van der Waals surface area contributed by atoms with Gasteiger partial charge in [0.1, 0.15) is 11.6 Å². The third kappa shape index (κ3) is 3.70. The number of halogens is 1. The number of amides is 1. The van der Waals surface area contributed by atoms with Gasteiger partial charge in [0.15, 0.2) is 6.10 Å². The number of likely N-dealkylation sites (tertiary alicyclic amines) is 1. The molecule has 1 amide bonds. The smallest absolute Gasteiger partial charge is 0.263 e. The first-order chi connectivity index (χ1) is 9.37. The first kappa shape index (κ1) is 14.8. The summed E-state index contributed by atoms with van der Waals surface area (Å²) in [6.07, 6.45) is 0.757. The molecule has 1 N–H and O–H groups in total. The molecule has 0 bridgehead atoms. The molecular formula is C15H20FNO3. The summed E-state index contributed by atoms with van der Waals surface area (Å²) in [4.78, 5) is 13.9. The van der Waals surface area contributed by atoms with Crippen LogP contribution in [0.3, 0.4) is 0 Å². The molecule has 0 radical (unpaired) electrons. The fraction of sp³-hybridized carbons (Fsp3) is 0.533. The van der Waals surface area contributed by atoms with E-state index >= 15 is 0 Å². The maximum atomic E-state index is 13.1. The Morgan fingerprint density at radius 1 is 1.55 bits per heavy atom. The summed E-state index contributed by atoms with van der Waals surface area (Å²) in [7, 11) is 0. The van der Waals surface area contributed by atoms with Gasteiger partial charge in [-0.1, -0.05) is 6.07 Å². The van der Waals surface area contributed by atoms with E-state index in [0.29, 0.717) is 25.3 Å². The van der Waals surface area contributed by atoms with Crippen molar-refractivity contribution < 1.29 is 19.0 Å². The predicted octanol–water partition coefficient (Wildman–Crippen LogP) is 1.97. The molecule has 0 aliphatic carbocycles. The molecule has 1 saturated heterocycles. The van der Waals surface area contributed by atoms with Gasteiger partial charge in [0.05, 0.1) is 5.60 Å². The summed E-state index contributed by atoms with van der Waals surface area (Å²) >= 11 is 0. The van der Waals surface area contributed by atoms with Gasteiger partial charge in [0, 0.05) is 19.2 Å². The second-order valence-corrected chi connectivity index (χ2v) is 5.58. The number of β-amino-alcohol motifs (C(OH)–C–C–N with tert-alkyl or cyclic N) is 1. The number of piperidine rings is 1. The minimum atomic E-state index is -0.841. The number of hydrogen-bond donors (Lipinski definition) is 1. The van der Waals surface area contributed by atoms with E-state index in [1.54, 1.807) is 24.8 Å². The molecule has 20 heavy (non-hydrogen) atoms. The summed E-state index contributed by atoms with van der Waals surface area (Å²) in [5, 5.41) is 10.0. The highest BCUT2D eigenvalue weighted by molar-refractivity contribution is 5.81. The Balaban J connectivity index is 1.98. The van der Waals surface area contributed by atoms with Crippen LogP contribution in [-0.2, 0) is 4.79 Å². The molecule has 0 aromatic heterocycles. The minimum absolute atomic E-state index is 0.186. The third-order valence-corrected chi connectivity index (χ3v) is 3.44. The van der Waals surface area contributed by atoms with Crippen LogP contribution < -0.4 is 4.74 Å². The van der Waals surface area contributed by atoms with E-state index in [4.69, 9.17) is 4.74 Å². The lowest BCUT2D eigenvalue weighted by atomic mass is 9.95. The van der Waals surface area contributed by atoms with Crippen LogP contribution in [0.15, 0.2) is 24.3 Å². The molecule has 1 heterocycles. The average Bonchev–Trinajstić information content (AvgIpc) is 2.36. The van der Waals surface area contributed by atoms with Crippen LogP contribution in [0.1, 0.15) is 26.7 Å².